The Morgan fingerprint density at radius 1 is 1.38 bits per heavy atom. The fourth-order valence-corrected chi connectivity index (χ4v) is 4.02. The van der Waals surface area contributed by atoms with Gasteiger partial charge in [-0.15, -0.1) is 11.8 Å². The van der Waals surface area contributed by atoms with Crippen molar-refractivity contribution in [3.8, 4) is 5.75 Å². The van der Waals surface area contributed by atoms with E-state index in [1.807, 2.05) is 6.07 Å². The molecule has 0 bridgehead atoms. The first-order chi connectivity index (χ1) is 11.5. The van der Waals surface area contributed by atoms with E-state index in [1.54, 1.807) is 24.3 Å². The second kappa shape index (κ2) is 6.56. The van der Waals surface area contributed by atoms with E-state index in [1.165, 1.54) is 16.7 Å². The summed E-state index contributed by atoms with van der Waals surface area (Å²) < 4.78 is 5.33. The van der Waals surface area contributed by atoms with Gasteiger partial charge in [0.1, 0.15) is 17.2 Å². The molecule has 1 aromatic carbocycles. The Labute approximate surface area is 142 Å². The maximum absolute atomic E-state index is 12.2. The Morgan fingerprint density at radius 3 is 2.75 bits per heavy atom. The van der Waals surface area contributed by atoms with Crippen molar-refractivity contribution in [1.29, 1.82) is 0 Å². The van der Waals surface area contributed by atoms with Gasteiger partial charge >= 0.3 is 5.97 Å². The summed E-state index contributed by atoms with van der Waals surface area (Å²) in [5.41, 5.74) is 0.481. The van der Waals surface area contributed by atoms with E-state index in [9.17, 15) is 19.5 Å². The van der Waals surface area contributed by atoms with Crippen molar-refractivity contribution in [2.24, 2.45) is 0 Å². The highest BCUT2D eigenvalue weighted by molar-refractivity contribution is 8.00. The monoisotopic (exact) mass is 348 g/mol. The molecule has 1 aromatic rings. The standard InChI is InChI=1S/C16H16N2O5S/c1-9-8-24-15-12(14(20)18(15)13(9)16(21)22)17-11(19)7-23-10-5-3-2-4-6-10/h2-6,12-13,15H,1,7-8H2,(H,17,19)(H,21,22)/t12?,13?,15-/m0/s1. The molecule has 3 atom stereocenters. The molecular weight excluding hydrogens is 332 g/mol. The van der Waals surface area contributed by atoms with Crippen LogP contribution in [0.1, 0.15) is 0 Å². The third-order valence-electron chi connectivity index (χ3n) is 3.85. The number of carboxylic acids is 1. The number of thioether (sulfide) groups is 1. The molecular formula is C16H16N2O5S. The average molecular weight is 348 g/mol. The SMILES string of the molecule is C=C1CS[C@H]2C(NC(=O)COc3ccccc3)C(=O)N2C1C(=O)O. The molecule has 24 heavy (non-hydrogen) atoms. The summed E-state index contributed by atoms with van der Waals surface area (Å²) in [5.74, 6) is -0.931. The van der Waals surface area contributed by atoms with Crippen LogP contribution in [0.3, 0.4) is 0 Å². The zero-order valence-electron chi connectivity index (χ0n) is 12.7. The van der Waals surface area contributed by atoms with Gasteiger partial charge in [-0.25, -0.2) is 4.79 Å². The molecule has 2 amide bonds. The van der Waals surface area contributed by atoms with Crippen LogP contribution in [0.25, 0.3) is 0 Å². The highest BCUT2D eigenvalue weighted by Crippen LogP contribution is 2.39. The number of aliphatic carboxylic acids is 1. The number of para-hydroxylation sites is 1. The van der Waals surface area contributed by atoms with E-state index in [-0.39, 0.29) is 12.0 Å². The fraction of sp³-hybridized carbons (Fsp3) is 0.312. The molecule has 0 saturated carbocycles. The lowest BCUT2D eigenvalue weighted by molar-refractivity contribution is -0.160. The van der Waals surface area contributed by atoms with Crippen LogP contribution < -0.4 is 10.1 Å². The van der Waals surface area contributed by atoms with Gasteiger partial charge in [0.2, 0.25) is 5.91 Å². The Kier molecular flexibility index (Phi) is 4.48. The summed E-state index contributed by atoms with van der Waals surface area (Å²) >= 11 is 1.40. The maximum atomic E-state index is 12.2. The predicted octanol–water partition coefficient (Wildman–Crippen LogP) is 0.475. The highest BCUT2D eigenvalue weighted by Gasteiger charge is 2.56. The van der Waals surface area contributed by atoms with Crippen LogP contribution in [-0.2, 0) is 14.4 Å². The molecule has 0 spiro atoms. The topological polar surface area (TPSA) is 95.9 Å². The van der Waals surface area contributed by atoms with E-state index in [2.05, 4.69) is 11.9 Å². The molecule has 2 N–H and O–H groups in total. The Hall–Kier alpha value is -2.48. The maximum Gasteiger partial charge on any atom is 0.330 e. The molecule has 2 saturated heterocycles. The van der Waals surface area contributed by atoms with Gasteiger partial charge in [-0.05, 0) is 17.7 Å². The molecule has 2 fully saturated rings. The number of rotatable bonds is 5. The van der Waals surface area contributed by atoms with E-state index < -0.39 is 29.9 Å². The summed E-state index contributed by atoms with van der Waals surface area (Å²) in [7, 11) is 0. The van der Waals surface area contributed by atoms with Gasteiger partial charge in [0.15, 0.2) is 12.6 Å². The minimum absolute atomic E-state index is 0.208. The lowest BCUT2D eigenvalue weighted by atomic mass is 9.98. The second-order valence-corrected chi connectivity index (χ2v) is 6.60. The molecule has 7 nitrogen and oxygen atoms in total. The van der Waals surface area contributed by atoms with Crippen molar-refractivity contribution in [3.63, 3.8) is 0 Å². The number of nitrogens with zero attached hydrogens (tertiary/aromatic N) is 1. The molecule has 2 aliphatic rings. The number of nitrogens with one attached hydrogen (secondary N) is 1. The van der Waals surface area contributed by atoms with Crippen LogP contribution in [0.5, 0.6) is 5.75 Å². The molecule has 0 radical (unpaired) electrons. The fourth-order valence-electron chi connectivity index (χ4n) is 2.71. The number of β-lactam (4-membered cyclic amide) rings is 1. The lowest BCUT2D eigenvalue weighted by Gasteiger charge is -2.52. The zero-order valence-corrected chi connectivity index (χ0v) is 13.5. The van der Waals surface area contributed by atoms with Crippen LogP contribution >= 0.6 is 11.8 Å². The molecule has 2 unspecified atom stereocenters. The molecule has 3 rings (SSSR count). The normalized spacial score (nSPS) is 25.5. The highest BCUT2D eigenvalue weighted by atomic mass is 32.2. The molecule has 0 aliphatic carbocycles. The summed E-state index contributed by atoms with van der Waals surface area (Å²) in [5, 5.41) is 11.5. The molecule has 0 aromatic heterocycles. The Morgan fingerprint density at radius 2 is 2.08 bits per heavy atom. The molecule has 2 aliphatic heterocycles. The number of amides is 2. The van der Waals surface area contributed by atoms with Crippen LogP contribution in [-0.4, -0.2) is 57.6 Å². The van der Waals surface area contributed by atoms with E-state index in [4.69, 9.17) is 4.74 Å². The van der Waals surface area contributed by atoms with Gasteiger partial charge in [-0.3, -0.25) is 9.59 Å². The van der Waals surface area contributed by atoms with Gasteiger partial charge < -0.3 is 20.1 Å². The van der Waals surface area contributed by atoms with E-state index in [0.717, 1.165) is 0 Å². The van der Waals surface area contributed by atoms with Crippen LogP contribution in [0, 0.1) is 0 Å². The largest absolute Gasteiger partial charge is 0.484 e. The first-order valence-corrected chi connectivity index (χ1v) is 8.35. The molecule has 126 valence electrons. The molecule has 8 heteroatoms. The summed E-state index contributed by atoms with van der Waals surface area (Å²) in [6, 6.07) is 7.12. The number of fused-ring (bicyclic) bond motifs is 1. The van der Waals surface area contributed by atoms with E-state index in [0.29, 0.717) is 17.1 Å². The third kappa shape index (κ3) is 2.96. The van der Waals surface area contributed by atoms with Crippen LogP contribution in [0.15, 0.2) is 42.5 Å². The third-order valence-corrected chi connectivity index (χ3v) is 5.23. The average Bonchev–Trinajstić information content (AvgIpc) is 2.58. The quantitative estimate of drug-likeness (QED) is 0.593. The van der Waals surface area contributed by atoms with Crippen molar-refractivity contribution in [3.05, 3.63) is 42.5 Å². The Bertz CT molecular complexity index is 693. The first kappa shape index (κ1) is 16.4. The van der Waals surface area contributed by atoms with Crippen molar-refractivity contribution in [2.45, 2.75) is 17.5 Å². The van der Waals surface area contributed by atoms with Crippen molar-refractivity contribution >= 4 is 29.5 Å². The Balaban J connectivity index is 1.57. The number of carbonyl (C=O) groups is 3. The van der Waals surface area contributed by atoms with Crippen molar-refractivity contribution in [1.82, 2.24) is 10.2 Å². The van der Waals surface area contributed by atoms with Gasteiger partial charge in [0.05, 0.1) is 0 Å². The number of carboxylic acid groups (broad SMARTS) is 1. The minimum atomic E-state index is -1.10. The predicted molar refractivity (Wildman–Crippen MR) is 87.5 cm³/mol. The second-order valence-electron chi connectivity index (χ2n) is 5.49. The number of hydrogen-bond acceptors (Lipinski definition) is 5. The number of benzene rings is 1. The van der Waals surface area contributed by atoms with Crippen molar-refractivity contribution < 1.29 is 24.2 Å². The first-order valence-electron chi connectivity index (χ1n) is 7.30. The van der Waals surface area contributed by atoms with Crippen LogP contribution in [0.4, 0.5) is 0 Å². The summed E-state index contributed by atoms with van der Waals surface area (Å²) in [6.45, 7) is 3.51. The molecule has 2 heterocycles. The van der Waals surface area contributed by atoms with Gasteiger partial charge in [0, 0.05) is 5.75 Å². The lowest BCUT2D eigenvalue weighted by Crippen LogP contribution is -2.74. The number of carbonyl (C=O) groups excluding carboxylic acids is 2. The number of hydrogen-bond donors (Lipinski definition) is 2. The number of ether oxygens (including phenoxy) is 1. The summed E-state index contributed by atoms with van der Waals surface area (Å²) in [6.07, 6.45) is 0. The minimum Gasteiger partial charge on any atom is -0.484 e. The van der Waals surface area contributed by atoms with Gasteiger partial charge in [-0.2, -0.15) is 0 Å². The van der Waals surface area contributed by atoms with Crippen molar-refractivity contribution in [2.75, 3.05) is 12.4 Å². The summed E-state index contributed by atoms with van der Waals surface area (Å²) in [4.78, 5) is 36.8. The van der Waals surface area contributed by atoms with Crippen LogP contribution in [0.2, 0.25) is 0 Å². The van der Waals surface area contributed by atoms with E-state index >= 15 is 0 Å². The van der Waals surface area contributed by atoms with Gasteiger partial charge in [-0.1, -0.05) is 24.8 Å². The van der Waals surface area contributed by atoms with Gasteiger partial charge in [0.25, 0.3) is 5.91 Å². The smallest absolute Gasteiger partial charge is 0.330 e. The zero-order chi connectivity index (χ0) is 17.3.